The van der Waals surface area contributed by atoms with Crippen LogP contribution < -0.4 is 10.1 Å². The average molecular weight is 414 g/mol. The molecule has 0 spiro atoms. The molecule has 9 heteroatoms. The van der Waals surface area contributed by atoms with Gasteiger partial charge in [0.05, 0.1) is 19.0 Å². The molecule has 29 heavy (non-hydrogen) atoms. The number of ether oxygens (including phenoxy) is 1. The SMILES string of the molecule is CCCN(CC(=O)Nc1ccccc1OC)C(=O)c1csc(-c2cnn(C)c2)n1. The van der Waals surface area contributed by atoms with Crippen molar-refractivity contribution in [2.75, 3.05) is 25.5 Å². The average Bonchev–Trinajstić information content (AvgIpc) is 3.36. The lowest BCUT2D eigenvalue weighted by atomic mass is 10.3. The number of aryl methyl sites for hydroxylation is 1. The molecule has 3 rings (SSSR count). The summed E-state index contributed by atoms with van der Waals surface area (Å²) in [6.07, 6.45) is 4.28. The molecule has 0 radical (unpaired) electrons. The van der Waals surface area contributed by atoms with Crippen molar-refractivity contribution in [1.82, 2.24) is 19.7 Å². The number of methoxy groups -OCH3 is 1. The zero-order chi connectivity index (χ0) is 20.8. The van der Waals surface area contributed by atoms with E-state index in [9.17, 15) is 9.59 Å². The van der Waals surface area contributed by atoms with Crippen molar-refractivity contribution in [2.24, 2.45) is 7.05 Å². The van der Waals surface area contributed by atoms with Crippen LogP contribution in [0.4, 0.5) is 5.69 Å². The third kappa shape index (κ3) is 5.00. The summed E-state index contributed by atoms with van der Waals surface area (Å²) in [5, 5.41) is 9.37. The Balaban J connectivity index is 1.71. The number of carbonyl (C=O) groups is 2. The van der Waals surface area contributed by atoms with E-state index in [2.05, 4.69) is 15.4 Å². The van der Waals surface area contributed by atoms with Crippen molar-refractivity contribution in [3.05, 3.63) is 47.7 Å². The van der Waals surface area contributed by atoms with Gasteiger partial charge in [-0.2, -0.15) is 5.10 Å². The second-order valence-corrected chi connectivity index (χ2v) is 7.27. The Kier molecular flexibility index (Phi) is 6.61. The normalized spacial score (nSPS) is 10.6. The number of amides is 2. The predicted octanol–water partition coefficient (Wildman–Crippen LogP) is 3.04. The molecular formula is C20H23N5O3S. The minimum atomic E-state index is -0.293. The number of thiazole rings is 1. The number of hydrogen-bond acceptors (Lipinski definition) is 6. The van der Waals surface area contributed by atoms with Crippen LogP contribution in [-0.2, 0) is 11.8 Å². The third-order valence-corrected chi connectivity index (χ3v) is 5.06. The molecule has 0 aliphatic carbocycles. The first-order valence-electron chi connectivity index (χ1n) is 9.18. The summed E-state index contributed by atoms with van der Waals surface area (Å²) in [5.41, 5.74) is 1.75. The number of nitrogens with zero attached hydrogens (tertiary/aromatic N) is 4. The minimum Gasteiger partial charge on any atom is -0.495 e. The smallest absolute Gasteiger partial charge is 0.273 e. The number of para-hydroxylation sites is 2. The summed E-state index contributed by atoms with van der Waals surface area (Å²) >= 11 is 1.38. The maximum absolute atomic E-state index is 12.9. The quantitative estimate of drug-likeness (QED) is 0.613. The Morgan fingerprint density at radius 2 is 2.10 bits per heavy atom. The van der Waals surface area contributed by atoms with E-state index < -0.39 is 0 Å². The van der Waals surface area contributed by atoms with Crippen LogP contribution in [0, 0.1) is 0 Å². The topological polar surface area (TPSA) is 89.4 Å². The molecule has 0 fully saturated rings. The van der Waals surface area contributed by atoms with Gasteiger partial charge in [0.25, 0.3) is 5.91 Å². The lowest BCUT2D eigenvalue weighted by Gasteiger charge is -2.21. The summed E-state index contributed by atoms with van der Waals surface area (Å²) in [4.78, 5) is 31.4. The first-order valence-corrected chi connectivity index (χ1v) is 10.1. The van der Waals surface area contributed by atoms with E-state index in [1.807, 2.05) is 32.3 Å². The van der Waals surface area contributed by atoms with E-state index in [1.165, 1.54) is 16.2 Å². The fourth-order valence-corrected chi connectivity index (χ4v) is 3.60. The molecule has 0 aliphatic heterocycles. The van der Waals surface area contributed by atoms with E-state index in [1.54, 1.807) is 35.5 Å². The van der Waals surface area contributed by atoms with Crippen molar-refractivity contribution < 1.29 is 14.3 Å². The highest BCUT2D eigenvalue weighted by molar-refractivity contribution is 7.13. The lowest BCUT2D eigenvalue weighted by molar-refractivity contribution is -0.116. The fourth-order valence-electron chi connectivity index (χ4n) is 2.83. The van der Waals surface area contributed by atoms with Crippen LogP contribution in [0.5, 0.6) is 5.75 Å². The van der Waals surface area contributed by atoms with Gasteiger partial charge in [-0.3, -0.25) is 14.3 Å². The van der Waals surface area contributed by atoms with Crippen LogP contribution in [0.15, 0.2) is 42.0 Å². The molecule has 2 heterocycles. The molecular weight excluding hydrogens is 390 g/mol. The molecule has 0 aliphatic rings. The molecule has 2 aromatic heterocycles. The number of carbonyl (C=O) groups excluding carboxylic acids is 2. The monoisotopic (exact) mass is 413 g/mol. The van der Waals surface area contributed by atoms with Crippen LogP contribution in [0.3, 0.4) is 0 Å². The molecule has 152 valence electrons. The molecule has 0 bridgehead atoms. The first kappa shape index (κ1) is 20.5. The van der Waals surface area contributed by atoms with Gasteiger partial charge in [-0.25, -0.2) is 4.98 Å². The van der Waals surface area contributed by atoms with Gasteiger partial charge in [0, 0.05) is 30.7 Å². The van der Waals surface area contributed by atoms with Crippen LogP contribution in [0.1, 0.15) is 23.8 Å². The second kappa shape index (κ2) is 9.33. The van der Waals surface area contributed by atoms with Gasteiger partial charge in [-0.15, -0.1) is 11.3 Å². The maximum Gasteiger partial charge on any atom is 0.273 e. The predicted molar refractivity (Wildman–Crippen MR) is 112 cm³/mol. The molecule has 0 atom stereocenters. The number of rotatable bonds is 8. The van der Waals surface area contributed by atoms with Gasteiger partial charge in [0.2, 0.25) is 5.91 Å². The molecule has 2 amide bonds. The van der Waals surface area contributed by atoms with Crippen LogP contribution in [0.25, 0.3) is 10.6 Å². The van der Waals surface area contributed by atoms with Gasteiger partial charge in [-0.1, -0.05) is 19.1 Å². The standard InChI is InChI=1S/C20H23N5O3S/c1-4-9-25(12-18(26)22-15-7-5-6-8-17(15)28-3)20(27)16-13-29-19(23-16)14-10-21-24(2)11-14/h5-8,10-11,13H,4,9,12H2,1-3H3,(H,22,26). The highest BCUT2D eigenvalue weighted by Crippen LogP contribution is 2.24. The highest BCUT2D eigenvalue weighted by Gasteiger charge is 2.22. The van der Waals surface area contributed by atoms with Gasteiger partial charge in [0.1, 0.15) is 23.0 Å². The van der Waals surface area contributed by atoms with Crippen LogP contribution in [-0.4, -0.2) is 51.7 Å². The molecule has 0 saturated heterocycles. The number of anilines is 1. The summed E-state index contributed by atoms with van der Waals surface area (Å²) in [5.74, 6) is 0.00209. The zero-order valence-corrected chi connectivity index (χ0v) is 17.4. The van der Waals surface area contributed by atoms with Crippen molar-refractivity contribution in [2.45, 2.75) is 13.3 Å². The van der Waals surface area contributed by atoms with E-state index in [-0.39, 0.29) is 18.4 Å². The summed E-state index contributed by atoms with van der Waals surface area (Å²) < 4.78 is 6.94. The van der Waals surface area contributed by atoms with E-state index in [0.29, 0.717) is 23.7 Å². The van der Waals surface area contributed by atoms with Crippen LogP contribution in [0.2, 0.25) is 0 Å². The fraction of sp³-hybridized carbons (Fsp3) is 0.300. The zero-order valence-electron chi connectivity index (χ0n) is 16.6. The Bertz CT molecular complexity index is 997. The van der Waals surface area contributed by atoms with Gasteiger partial charge >= 0.3 is 0 Å². The summed E-state index contributed by atoms with van der Waals surface area (Å²) in [6, 6.07) is 7.15. The summed E-state index contributed by atoms with van der Waals surface area (Å²) in [6.45, 7) is 2.35. The Morgan fingerprint density at radius 1 is 1.31 bits per heavy atom. The van der Waals surface area contributed by atoms with Gasteiger partial charge in [0.15, 0.2) is 0 Å². The van der Waals surface area contributed by atoms with Crippen molar-refractivity contribution >= 4 is 28.8 Å². The van der Waals surface area contributed by atoms with E-state index in [4.69, 9.17) is 4.74 Å². The molecule has 0 unspecified atom stereocenters. The number of nitrogens with one attached hydrogen (secondary N) is 1. The Morgan fingerprint density at radius 3 is 2.79 bits per heavy atom. The number of benzene rings is 1. The number of hydrogen-bond donors (Lipinski definition) is 1. The summed E-state index contributed by atoms with van der Waals surface area (Å²) in [7, 11) is 3.37. The van der Waals surface area contributed by atoms with Gasteiger partial charge < -0.3 is 15.0 Å². The van der Waals surface area contributed by atoms with Crippen molar-refractivity contribution in [1.29, 1.82) is 0 Å². The van der Waals surface area contributed by atoms with E-state index >= 15 is 0 Å². The molecule has 1 aromatic carbocycles. The van der Waals surface area contributed by atoms with Crippen molar-refractivity contribution in [3.8, 4) is 16.3 Å². The highest BCUT2D eigenvalue weighted by atomic mass is 32.1. The second-order valence-electron chi connectivity index (χ2n) is 6.42. The first-order chi connectivity index (χ1) is 14.0. The third-order valence-electron chi connectivity index (χ3n) is 4.17. The van der Waals surface area contributed by atoms with Crippen LogP contribution >= 0.6 is 11.3 Å². The van der Waals surface area contributed by atoms with Crippen molar-refractivity contribution in [3.63, 3.8) is 0 Å². The molecule has 1 N–H and O–H groups in total. The maximum atomic E-state index is 12.9. The minimum absolute atomic E-state index is 0.0650. The number of aromatic nitrogens is 3. The van der Waals surface area contributed by atoms with E-state index in [0.717, 1.165) is 17.0 Å². The Labute approximate surface area is 173 Å². The molecule has 3 aromatic rings. The lowest BCUT2D eigenvalue weighted by Crippen LogP contribution is -2.38. The molecule has 0 saturated carbocycles. The largest absolute Gasteiger partial charge is 0.495 e. The Hall–Kier alpha value is -3.20. The molecule has 8 nitrogen and oxygen atoms in total. The van der Waals surface area contributed by atoms with Gasteiger partial charge in [-0.05, 0) is 18.6 Å².